The number of carbonyl (C=O) groups is 1. The van der Waals surface area contributed by atoms with Gasteiger partial charge in [0.1, 0.15) is 0 Å². The molecule has 1 heterocycles. The Morgan fingerprint density at radius 3 is 2.75 bits per heavy atom. The Bertz CT molecular complexity index is 623. The van der Waals surface area contributed by atoms with Crippen LogP contribution in [0.3, 0.4) is 0 Å². The number of hydrogen-bond donors (Lipinski definition) is 2. The van der Waals surface area contributed by atoms with Gasteiger partial charge in [-0.05, 0) is 18.8 Å². The van der Waals surface area contributed by atoms with Gasteiger partial charge in [-0.3, -0.25) is 4.79 Å². The molecule has 0 radical (unpaired) electrons. The zero-order valence-electron chi connectivity index (χ0n) is 11.0. The third-order valence-corrected chi connectivity index (χ3v) is 3.33. The molecule has 0 aliphatic heterocycles. The highest BCUT2D eigenvalue weighted by Crippen LogP contribution is 2.27. The van der Waals surface area contributed by atoms with E-state index >= 15 is 0 Å². The lowest BCUT2D eigenvalue weighted by Gasteiger charge is -2.07. The Morgan fingerprint density at radius 1 is 1.30 bits per heavy atom. The zero-order valence-corrected chi connectivity index (χ0v) is 11.0. The maximum atomic E-state index is 12.1. The molecule has 0 atom stereocenters. The second-order valence-electron chi connectivity index (χ2n) is 5.01. The largest absolute Gasteiger partial charge is 0.382 e. The van der Waals surface area contributed by atoms with Crippen LogP contribution in [0.15, 0.2) is 36.5 Å². The highest BCUT2D eigenvalue weighted by Gasteiger charge is 2.23. The third-order valence-electron chi connectivity index (χ3n) is 3.33. The fraction of sp³-hybridized carbons (Fsp3) is 0.267. The lowest BCUT2D eigenvalue weighted by molar-refractivity contribution is 0.0947. The SMILES string of the molecule is Nc1ncc(-c2ccccc2)nc1C(=O)NCC1CC1. The molecule has 1 amide bonds. The van der Waals surface area contributed by atoms with Crippen molar-refractivity contribution in [2.24, 2.45) is 5.92 Å². The number of nitrogens with two attached hydrogens (primary N) is 1. The standard InChI is InChI=1S/C15H16N4O/c16-14-13(15(20)18-8-10-6-7-10)19-12(9-17-14)11-4-2-1-3-5-11/h1-5,9-10H,6-8H2,(H2,16,17)(H,18,20). The average Bonchev–Trinajstić information content (AvgIpc) is 3.30. The van der Waals surface area contributed by atoms with Crippen LogP contribution >= 0.6 is 0 Å². The van der Waals surface area contributed by atoms with Crippen LogP contribution in [-0.2, 0) is 0 Å². The molecule has 5 nitrogen and oxygen atoms in total. The van der Waals surface area contributed by atoms with Crippen molar-refractivity contribution in [1.82, 2.24) is 15.3 Å². The van der Waals surface area contributed by atoms with Gasteiger partial charge in [-0.25, -0.2) is 9.97 Å². The molecule has 20 heavy (non-hydrogen) atoms. The molecule has 1 aliphatic rings. The smallest absolute Gasteiger partial charge is 0.273 e. The van der Waals surface area contributed by atoms with Gasteiger partial charge in [-0.1, -0.05) is 30.3 Å². The van der Waals surface area contributed by atoms with Crippen molar-refractivity contribution in [3.05, 3.63) is 42.2 Å². The maximum Gasteiger partial charge on any atom is 0.273 e. The molecule has 0 bridgehead atoms. The van der Waals surface area contributed by atoms with Gasteiger partial charge in [0.15, 0.2) is 11.5 Å². The Balaban J connectivity index is 1.84. The lowest BCUT2D eigenvalue weighted by atomic mass is 10.1. The highest BCUT2D eigenvalue weighted by molar-refractivity contribution is 5.96. The number of carbonyl (C=O) groups excluding carboxylic acids is 1. The molecule has 1 saturated carbocycles. The van der Waals surface area contributed by atoms with Crippen molar-refractivity contribution >= 4 is 11.7 Å². The lowest BCUT2D eigenvalue weighted by Crippen LogP contribution is -2.27. The fourth-order valence-electron chi connectivity index (χ4n) is 1.96. The summed E-state index contributed by atoms with van der Waals surface area (Å²) in [4.78, 5) is 20.5. The summed E-state index contributed by atoms with van der Waals surface area (Å²) in [5.74, 6) is 0.531. The quantitative estimate of drug-likeness (QED) is 0.887. The van der Waals surface area contributed by atoms with E-state index in [2.05, 4.69) is 15.3 Å². The number of nitrogens with one attached hydrogen (secondary N) is 1. The molecule has 3 N–H and O–H groups in total. The Labute approximate surface area is 117 Å². The molecule has 1 aromatic carbocycles. The number of amides is 1. The van der Waals surface area contributed by atoms with E-state index in [1.54, 1.807) is 6.20 Å². The van der Waals surface area contributed by atoms with E-state index in [-0.39, 0.29) is 17.4 Å². The van der Waals surface area contributed by atoms with Gasteiger partial charge < -0.3 is 11.1 Å². The molecule has 3 rings (SSSR count). The summed E-state index contributed by atoms with van der Waals surface area (Å²) in [7, 11) is 0. The van der Waals surface area contributed by atoms with Crippen LogP contribution in [-0.4, -0.2) is 22.4 Å². The summed E-state index contributed by atoms with van der Waals surface area (Å²) in [6, 6.07) is 9.61. The van der Waals surface area contributed by atoms with Crippen molar-refractivity contribution in [3.8, 4) is 11.3 Å². The van der Waals surface area contributed by atoms with Crippen molar-refractivity contribution in [3.63, 3.8) is 0 Å². The van der Waals surface area contributed by atoms with Crippen molar-refractivity contribution in [2.45, 2.75) is 12.8 Å². The van der Waals surface area contributed by atoms with Gasteiger partial charge >= 0.3 is 0 Å². The van der Waals surface area contributed by atoms with Crippen LogP contribution in [0, 0.1) is 5.92 Å². The van der Waals surface area contributed by atoms with Crippen molar-refractivity contribution < 1.29 is 4.79 Å². The number of benzene rings is 1. The van der Waals surface area contributed by atoms with Crippen molar-refractivity contribution in [2.75, 3.05) is 12.3 Å². The van der Waals surface area contributed by atoms with Gasteiger partial charge in [-0.15, -0.1) is 0 Å². The molecular weight excluding hydrogens is 252 g/mol. The molecule has 5 heteroatoms. The minimum atomic E-state index is -0.250. The van der Waals surface area contributed by atoms with Gasteiger partial charge in [-0.2, -0.15) is 0 Å². The molecule has 0 spiro atoms. The molecule has 1 aromatic heterocycles. The Morgan fingerprint density at radius 2 is 2.05 bits per heavy atom. The van der Waals surface area contributed by atoms with Crippen LogP contribution < -0.4 is 11.1 Å². The van der Waals surface area contributed by atoms with Crippen LogP contribution in [0.5, 0.6) is 0 Å². The number of rotatable bonds is 4. The topological polar surface area (TPSA) is 80.9 Å². The molecule has 0 saturated heterocycles. The molecule has 0 unspecified atom stereocenters. The van der Waals surface area contributed by atoms with E-state index in [1.165, 1.54) is 12.8 Å². The minimum Gasteiger partial charge on any atom is -0.382 e. The fourth-order valence-corrected chi connectivity index (χ4v) is 1.96. The minimum absolute atomic E-state index is 0.165. The summed E-state index contributed by atoms with van der Waals surface area (Å²) in [5, 5.41) is 2.86. The predicted molar refractivity (Wildman–Crippen MR) is 76.9 cm³/mol. The summed E-state index contributed by atoms with van der Waals surface area (Å²) in [5.41, 5.74) is 7.52. The first-order valence-electron chi connectivity index (χ1n) is 6.70. The Hall–Kier alpha value is -2.43. The summed E-state index contributed by atoms with van der Waals surface area (Å²) in [6.07, 6.45) is 3.96. The summed E-state index contributed by atoms with van der Waals surface area (Å²) in [6.45, 7) is 0.690. The van der Waals surface area contributed by atoms with E-state index in [0.29, 0.717) is 18.2 Å². The van der Waals surface area contributed by atoms with Crippen LogP contribution in [0.2, 0.25) is 0 Å². The van der Waals surface area contributed by atoms with E-state index < -0.39 is 0 Å². The van der Waals surface area contributed by atoms with Crippen molar-refractivity contribution in [1.29, 1.82) is 0 Å². The van der Waals surface area contributed by atoms with Crippen LogP contribution in [0.1, 0.15) is 23.3 Å². The maximum absolute atomic E-state index is 12.1. The highest BCUT2D eigenvalue weighted by atomic mass is 16.1. The molecule has 1 aliphatic carbocycles. The summed E-state index contributed by atoms with van der Waals surface area (Å²) >= 11 is 0. The van der Waals surface area contributed by atoms with Crippen LogP contribution in [0.4, 0.5) is 5.82 Å². The monoisotopic (exact) mass is 268 g/mol. The predicted octanol–water partition coefficient (Wildman–Crippen LogP) is 1.87. The first-order valence-corrected chi connectivity index (χ1v) is 6.70. The number of nitrogens with zero attached hydrogens (tertiary/aromatic N) is 2. The first kappa shape index (κ1) is 12.6. The number of nitrogen functional groups attached to an aromatic ring is 1. The van der Waals surface area contributed by atoms with E-state index in [1.807, 2.05) is 30.3 Å². The third kappa shape index (κ3) is 2.77. The molecular formula is C15H16N4O. The van der Waals surface area contributed by atoms with Gasteiger partial charge in [0, 0.05) is 12.1 Å². The average molecular weight is 268 g/mol. The molecule has 2 aromatic rings. The normalized spacial score (nSPS) is 14.0. The summed E-state index contributed by atoms with van der Waals surface area (Å²) < 4.78 is 0. The van der Waals surface area contributed by atoms with E-state index in [9.17, 15) is 4.79 Å². The van der Waals surface area contributed by atoms with E-state index in [0.717, 1.165) is 5.56 Å². The van der Waals surface area contributed by atoms with E-state index in [4.69, 9.17) is 5.73 Å². The molecule has 102 valence electrons. The van der Waals surface area contributed by atoms with Gasteiger partial charge in [0.05, 0.1) is 11.9 Å². The number of anilines is 1. The number of hydrogen-bond acceptors (Lipinski definition) is 4. The molecule has 1 fully saturated rings. The van der Waals surface area contributed by atoms with Gasteiger partial charge in [0.2, 0.25) is 0 Å². The second-order valence-corrected chi connectivity index (χ2v) is 5.01. The second kappa shape index (κ2) is 5.28. The number of aromatic nitrogens is 2. The van der Waals surface area contributed by atoms with Crippen LogP contribution in [0.25, 0.3) is 11.3 Å². The zero-order chi connectivity index (χ0) is 13.9. The first-order chi connectivity index (χ1) is 9.74. The van der Waals surface area contributed by atoms with Gasteiger partial charge in [0.25, 0.3) is 5.91 Å². The Kier molecular flexibility index (Phi) is 3.33.